The summed E-state index contributed by atoms with van der Waals surface area (Å²) in [5.41, 5.74) is 5.89. The number of hydrogen-bond donors (Lipinski definition) is 4. The van der Waals surface area contributed by atoms with Crippen molar-refractivity contribution in [1.29, 1.82) is 0 Å². The van der Waals surface area contributed by atoms with Crippen LogP contribution in [-0.2, 0) is 19.1 Å². The Kier molecular flexibility index (Phi) is 12.5. The quantitative estimate of drug-likeness (QED) is 0.200. The fourth-order valence-electron chi connectivity index (χ4n) is 4.83. The van der Waals surface area contributed by atoms with Crippen LogP contribution >= 0.6 is 0 Å². The van der Waals surface area contributed by atoms with E-state index in [1.54, 1.807) is 4.90 Å². The van der Waals surface area contributed by atoms with Crippen LogP contribution in [0.1, 0.15) is 74.5 Å². The van der Waals surface area contributed by atoms with E-state index in [2.05, 4.69) is 10.6 Å². The van der Waals surface area contributed by atoms with Gasteiger partial charge in [-0.25, -0.2) is 0 Å². The number of aliphatic hydroxyl groups is 1. The van der Waals surface area contributed by atoms with Gasteiger partial charge in [0.15, 0.2) is 0 Å². The highest BCUT2D eigenvalue weighted by Gasteiger charge is 2.31. The van der Waals surface area contributed by atoms with E-state index in [0.29, 0.717) is 32.5 Å². The first-order chi connectivity index (χ1) is 20.9. The Balaban J connectivity index is 1.90. The van der Waals surface area contributed by atoms with E-state index < -0.39 is 35.7 Å². The minimum atomic E-state index is -4.56. The second kappa shape index (κ2) is 16.0. The summed E-state index contributed by atoms with van der Waals surface area (Å²) in [6.45, 7) is 5.26. The number of rotatable bonds is 15. The number of alkyl halides is 3. The molecule has 44 heavy (non-hydrogen) atoms. The monoisotopic (exact) mass is 612 g/mol. The first kappa shape index (κ1) is 34.3. The van der Waals surface area contributed by atoms with Crippen molar-refractivity contribution in [3.8, 4) is 0 Å². The van der Waals surface area contributed by atoms with Gasteiger partial charge in [-0.15, -0.1) is 0 Å². The lowest BCUT2D eigenvalue weighted by Crippen LogP contribution is -2.48. The summed E-state index contributed by atoms with van der Waals surface area (Å²) in [6, 6.07) is 17.0. The first-order valence-corrected chi connectivity index (χ1v) is 14.6. The van der Waals surface area contributed by atoms with Crippen LogP contribution < -0.4 is 16.4 Å². The Morgan fingerprint density at radius 1 is 0.864 bits per heavy atom. The Morgan fingerprint density at radius 3 is 2.09 bits per heavy atom. The molecule has 0 aromatic heterocycles. The molecule has 0 saturated heterocycles. The number of aliphatic hydroxyl groups excluding tert-OH is 1. The second-order valence-corrected chi connectivity index (χ2v) is 10.6. The van der Waals surface area contributed by atoms with Gasteiger partial charge in [-0.05, 0) is 54.7 Å². The molecule has 0 unspecified atom stereocenters. The number of nitrogens with one attached hydrogen (secondary N) is 2. The molecule has 3 aromatic carbocycles. The summed E-state index contributed by atoms with van der Waals surface area (Å²) >= 11 is 0. The van der Waals surface area contributed by atoms with E-state index in [0.717, 1.165) is 17.7 Å². The van der Waals surface area contributed by atoms with Crippen molar-refractivity contribution in [2.24, 2.45) is 5.73 Å². The molecule has 0 fully saturated rings. The van der Waals surface area contributed by atoms with E-state index in [9.17, 15) is 32.7 Å². The molecule has 2 atom stereocenters. The van der Waals surface area contributed by atoms with Gasteiger partial charge < -0.3 is 26.4 Å². The largest absolute Gasteiger partial charge is 0.416 e. The van der Waals surface area contributed by atoms with Crippen LogP contribution in [0.3, 0.4) is 0 Å². The van der Waals surface area contributed by atoms with E-state index in [1.165, 1.54) is 30.3 Å². The summed E-state index contributed by atoms with van der Waals surface area (Å²) < 4.78 is 40.2. The van der Waals surface area contributed by atoms with E-state index >= 15 is 0 Å². The fraction of sp³-hybridized carbons (Fsp3) is 0.364. The van der Waals surface area contributed by atoms with Crippen LogP contribution in [0.4, 0.5) is 13.2 Å². The highest BCUT2D eigenvalue weighted by atomic mass is 19.4. The van der Waals surface area contributed by atoms with Crippen LogP contribution in [0.15, 0.2) is 72.8 Å². The molecule has 11 heteroatoms. The van der Waals surface area contributed by atoms with E-state index in [4.69, 9.17) is 5.73 Å². The maximum atomic E-state index is 13.5. The standard InChI is InChI=1S/C33H39F3N4O4/c1-3-13-40(14-4-2)32(44)26-18-24(30(37)42)17-25(19-26)31(43)39-28(16-23-11-8-12-27(15-23)33(34,35)36)29(41)21-38-20-22-9-6-5-7-10-22/h5-12,15,17-19,28-29,38,41H,3-4,13-14,16,20-21H2,1-2H3,(H2,37,42)(H,39,43)/t28-,29+/m0/s1. The minimum Gasteiger partial charge on any atom is -0.390 e. The number of hydrogen-bond acceptors (Lipinski definition) is 5. The zero-order chi connectivity index (χ0) is 32.3. The predicted molar refractivity (Wildman–Crippen MR) is 162 cm³/mol. The van der Waals surface area contributed by atoms with Crippen molar-refractivity contribution < 1.29 is 32.7 Å². The van der Waals surface area contributed by atoms with Crippen LogP contribution in [-0.4, -0.2) is 59.5 Å². The predicted octanol–water partition coefficient (Wildman–Crippen LogP) is 4.56. The van der Waals surface area contributed by atoms with Crippen LogP contribution in [0.5, 0.6) is 0 Å². The van der Waals surface area contributed by atoms with Crippen molar-refractivity contribution in [3.05, 3.63) is 106 Å². The molecule has 3 rings (SSSR count). The molecular formula is C33H39F3N4O4. The lowest BCUT2D eigenvalue weighted by atomic mass is 9.98. The van der Waals surface area contributed by atoms with Crippen molar-refractivity contribution >= 4 is 17.7 Å². The normalized spacial score (nSPS) is 12.8. The zero-order valence-electron chi connectivity index (χ0n) is 24.9. The molecule has 0 saturated carbocycles. The van der Waals surface area contributed by atoms with E-state index in [1.807, 2.05) is 44.2 Å². The third kappa shape index (κ3) is 9.92. The third-order valence-corrected chi connectivity index (χ3v) is 7.02. The highest BCUT2D eigenvalue weighted by Crippen LogP contribution is 2.30. The number of carbonyl (C=O) groups is 3. The van der Waals surface area contributed by atoms with Gasteiger partial charge in [0.05, 0.1) is 17.7 Å². The number of nitrogens with zero attached hydrogens (tertiary/aromatic N) is 1. The van der Waals surface area contributed by atoms with Crippen LogP contribution in [0, 0.1) is 0 Å². The van der Waals surface area contributed by atoms with Crippen LogP contribution in [0.2, 0.25) is 0 Å². The van der Waals surface area contributed by atoms with E-state index in [-0.39, 0.29) is 41.1 Å². The third-order valence-electron chi connectivity index (χ3n) is 7.02. The number of halogens is 3. The smallest absolute Gasteiger partial charge is 0.390 e. The van der Waals surface area contributed by atoms with Gasteiger partial charge in [0, 0.05) is 42.9 Å². The molecule has 0 bridgehead atoms. The SMILES string of the molecule is CCCN(CCC)C(=O)c1cc(C(N)=O)cc(C(=O)N[C@@H](Cc2cccc(C(F)(F)F)c2)[C@H](O)CNCc2ccccc2)c1. The molecule has 0 aliphatic rings. The lowest BCUT2D eigenvalue weighted by Gasteiger charge is -2.26. The number of primary amides is 1. The average Bonchev–Trinajstić information content (AvgIpc) is 3.00. The van der Waals surface area contributed by atoms with Crippen molar-refractivity contribution in [3.63, 3.8) is 0 Å². The molecule has 0 aliphatic carbocycles. The van der Waals surface area contributed by atoms with Crippen molar-refractivity contribution in [1.82, 2.24) is 15.5 Å². The molecule has 0 spiro atoms. The number of benzene rings is 3. The minimum absolute atomic E-state index is 0.0207. The molecule has 5 N–H and O–H groups in total. The van der Waals surface area contributed by atoms with Crippen molar-refractivity contribution in [2.75, 3.05) is 19.6 Å². The van der Waals surface area contributed by atoms with Gasteiger partial charge in [-0.1, -0.05) is 62.4 Å². The van der Waals surface area contributed by atoms with Gasteiger partial charge in [-0.3, -0.25) is 14.4 Å². The Morgan fingerprint density at radius 2 is 1.48 bits per heavy atom. The number of carbonyl (C=O) groups excluding carboxylic acids is 3. The van der Waals surface area contributed by atoms with Crippen molar-refractivity contribution in [2.45, 2.75) is 58.0 Å². The van der Waals surface area contributed by atoms with Gasteiger partial charge in [0.2, 0.25) is 5.91 Å². The fourth-order valence-corrected chi connectivity index (χ4v) is 4.83. The summed E-state index contributed by atoms with van der Waals surface area (Å²) in [4.78, 5) is 40.6. The summed E-state index contributed by atoms with van der Waals surface area (Å²) in [5.74, 6) is -1.92. The lowest BCUT2D eigenvalue weighted by molar-refractivity contribution is -0.137. The molecule has 3 aromatic rings. The summed E-state index contributed by atoms with van der Waals surface area (Å²) in [6.07, 6.45) is -4.47. The molecule has 0 aliphatic heterocycles. The number of amides is 3. The van der Waals surface area contributed by atoms with Gasteiger partial charge >= 0.3 is 6.18 Å². The van der Waals surface area contributed by atoms with Crippen LogP contribution in [0.25, 0.3) is 0 Å². The maximum Gasteiger partial charge on any atom is 0.416 e. The average molecular weight is 613 g/mol. The molecule has 0 radical (unpaired) electrons. The van der Waals surface area contributed by atoms with Gasteiger partial charge in [0.25, 0.3) is 11.8 Å². The molecule has 0 heterocycles. The summed E-state index contributed by atoms with van der Waals surface area (Å²) in [7, 11) is 0. The zero-order valence-corrected chi connectivity index (χ0v) is 24.9. The van der Waals surface area contributed by atoms with Gasteiger partial charge in [0.1, 0.15) is 0 Å². The first-order valence-electron chi connectivity index (χ1n) is 14.6. The molecule has 3 amide bonds. The topological polar surface area (TPSA) is 125 Å². The Labute approximate surface area is 255 Å². The summed E-state index contributed by atoms with van der Waals surface area (Å²) in [5, 5.41) is 16.9. The number of nitrogens with two attached hydrogens (primary N) is 1. The second-order valence-electron chi connectivity index (χ2n) is 10.6. The Hall–Kier alpha value is -4.22. The molecule has 236 valence electrons. The molecule has 8 nitrogen and oxygen atoms in total. The maximum absolute atomic E-state index is 13.5. The highest BCUT2D eigenvalue weighted by molar-refractivity contribution is 6.04. The van der Waals surface area contributed by atoms with Gasteiger partial charge in [-0.2, -0.15) is 13.2 Å². The Bertz CT molecular complexity index is 1410. The molecular weight excluding hydrogens is 573 g/mol.